The number of rotatable bonds is 4. The zero-order valence-electron chi connectivity index (χ0n) is 13.4. The third kappa shape index (κ3) is 4.54. The molecule has 2 aromatic rings. The van der Waals surface area contributed by atoms with Crippen LogP contribution in [-0.4, -0.2) is 26.0 Å². The van der Waals surface area contributed by atoms with E-state index in [1.165, 1.54) is 7.11 Å². The Balaban J connectivity index is 1.51. The highest BCUT2D eigenvalue weighted by atomic mass is 35.5. The molecule has 1 N–H and O–H groups in total. The van der Waals surface area contributed by atoms with Crippen molar-refractivity contribution in [2.75, 3.05) is 24.2 Å². The van der Waals surface area contributed by atoms with Crippen molar-refractivity contribution >= 4 is 35.2 Å². The number of halogens is 1. The first kappa shape index (κ1) is 16.9. The zero-order valence-corrected chi connectivity index (χ0v) is 14.2. The van der Waals surface area contributed by atoms with E-state index in [1.54, 1.807) is 53.5 Å². The van der Waals surface area contributed by atoms with Gasteiger partial charge in [-0.15, -0.1) is 0 Å². The molecule has 1 amide bonds. The van der Waals surface area contributed by atoms with Crippen LogP contribution in [-0.2, 0) is 20.8 Å². The molecule has 0 bridgehead atoms. The number of carbonyl (C=O) groups excluding carboxylic acids is 1. The van der Waals surface area contributed by atoms with Gasteiger partial charge in [0.1, 0.15) is 6.61 Å². The smallest absolute Gasteiger partial charge is 0.411 e. The van der Waals surface area contributed by atoms with Crippen molar-refractivity contribution < 1.29 is 19.0 Å². The molecule has 1 heterocycles. The minimum Gasteiger partial charge on any atom is -0.453 e. The molecule has 0 spiro atoms. The monoisotopic (exact) mass is 361 g/mol. The summed E-state index contributed by atoms with van der Waals surface area (Å²) in [6.07, 6.45) is -0.320. The van der Waals surface area contributed by atoms with Gasteiger partial charge in [-0.2, -0.15) is 0 Å². The van der Waals surface area contributed by atoms with Crippen molar-refractivity contribution in [2.24, 2.45) is 5.10 Å². The van der Waals surface area contributed by atoms with Crippen molar-refractivity contribution in [2.45, 2.75) is 6.61 Å². The maximum atomic E-state index is 11.8. The Morgan fingerprint density at radius 2 is 1.96 bits per heavy atom. The molecule has 3 rings (SSSR count). The van der Waals surface area contributed by atoms with Crippen LogP contribution in [0.1, 0.15) is 5.56 Å². The lowest BCUT2D eigenvalue weighted by Gasteiger charge is -2.12. The Bertz CT molecular complexity index is 762. The van der Waals surface area contributed by atoms with Gasteiger partial charge in [-0.3, -0.25) is 5.32 Å². The van der Waals surface area contributed by atoms with Gasteiger partial charge in [0.25, 0.3) is 0 Å². The normalized spacial score (nSPS) is 13.0. The molecular formula is C17H16ClN3O4. The van der Waals surface area contributed by atoms with Crippen LogP contribution in [0, 0.1) is 0 Å². The maximum absolute atomic E-state index is 11.8. The molecule has 0 atom stereocenters. The zero-order chi connectivity index (χ0) is 17.6. The minimum atomic E-state index is -0.535. The van der Waals surface area contributed by atoms with Crippen molar-refractivity contribution in [1.29, 1.82) is 0 Å². The van der Waals surface area contributed by atoms with Crippen molar-refractivity contribution in [3.63, 3.8) is 0 Å². The fourth-order valence-electron chi connectivity index (χ4n) is 2.10. The molecule has 0 fully saturated rings. The number of nitrogens with zero attached hydrogens (tertiary/aromatic N) is 2. The second kappa shape index (κ2) is 7.76. The molecule has 1 aliphatic rings. The second-order valence-corrected chi connectivity index (χ2v) is 5.55. The molecule has 0 radical (unpaired) electrons. The highest BCUT2D eigenvalue weighted by Crippen LogP contribution is 2.21. The Hall–Kier alpha value is -2.93. The summed E-state index contributed by atoms with van der Waals surface area (Å²) in [6.45, 7) is 0.444. The fraction of sp³-hybridized carbons (Fsp3) is 0.176. The Labute approximate surface area is 149 Å². The van der Waals surface area contributed by atoms with E-state index in [1.807, 2.05) is 0 Å². The van der Waals surface area contributed by atoms with E-state index in [-0.39, 0.29) is 19.4 Å². The van der Waals surface area contributed by atoms with E-state index in [0.29, 0.717) is 10.7 Å². The Morgan fingerprint density at radius 3 is 2.60 bits per heavy atom. The number of amides is 1. The molecule has 130 valence electrons. The van der Waals surface area contributed by atoms with Crippen molar-refractivity contribution in [1.82, 2.24) is 0 Å². The van der Waals surface area contributed by atoms with Crippen LogP contribution in [0.5, 0.6) is 0 Å². The number of benzene rings is 2. The maximum Gasteiger partial charge on any atom is 0.411 e. The molecule has 0 aliphatic carbocycles. The van der Waals surface area contributed by atoms with Crippen LogP contribution in [0.3, 0.4) is 0 Å². The van der Waals surface area contributed by atoms with E-state index in [0.717, 1.165) is 11.3 Å². The summed E-state index contributed by atoms with van der Waals surface area (Å²) in [5.41, 5.74) is 2.28. The van der Waals surface area contributed by atoms with Gasteiger partial charge in [-0.25, -0.2) is 9.80 Å². The average molecular weight is 362 g/mol. The summed E-state index contributed by atoms with van der Waals surface area (Å²) < 4.78 is 15.3. The highest BCUT2D eigenvalue weighted by molar-refractivity contribution is 6.30. The fourth-order valence-corrected chi connectivity index (χ4v) is 2.23. The largest absolute Gasteiger partial charge is 0.453 e. The predicted molar refractivity (Wildman–Crippen MR) is 94.6 cm³/mol. The van der Waals surface area contributed by atoms with E-state index in [2.05, 4.69) is 10.4 Å². The van der Waals surface area contributed by atoms with Crippen LogP contribution in [0.15, 0.2) is 53.6 Å². The lowest BCUT2D eigenvalue weighted by Crippen LogP contribution is -2.14. The molecule has 2 aromatic carbocycles. The molecule has 1 aliphatic heterocycles. The number of nitrogens with one attached hydrogen (secondary N) is 1. The number of ether oxygens (including phenoxy) is 3. The quantitative estimate of drug-likeness (QED) is 0.896. The molecule has 0 saturated heterocycles. The topological polar surface area (TPSA) is 72.4 Å². The van der Waals surface area contributed by atoms with Gasteiger partial charge >= 0.3 is 12.2 Å². The van der Waals surface area contributed by atoms with Crippen LogP contribution in [0.4, 0.5) is 16.2 Å². The minimum absolute atomic E-state index is 0.167. The molecule has 7 nitrogen and oxygen atoms in total. The van der Waals surface area contributed by atoms with E-state index in [4.69, 9.17) is 25.8 Å². The molecule has 25 heavy (non-hydrogen) atoms. The number of anilines is 2. The third-order valence-corrected chi connectivity index (χ3v) is 3.63. The molecular weight excluding hydrogens is 346 g/mol. The van der Waals surface area contributed by atoms with Gasteiger partial charge < -0.3 is 14.2 Å². The van der Waals surface area contributed by atoms with Crippen molar-refractivity contribution in [3.05, 3.63) is 59.1 Å². The number of methoxy groups -OCH3 is 1. The van der Waals surface area contributed by atoms with Crippen LogP contribution in [0.25, 0.3) is 0 Å². The van der Waals surface area contributed by atoms with E-state index in [9.17, 15) is 4.79 Å². The standard InChI is InChI=1S/C17H16ClN3O4/c1-23-17-20-21(11-25-17)15-8-6-14(7-9-15)19-16(22)24-10-12-2-4-13(18)5-3-12/h2-9H,10-11H2,1H3,(H,19,22). The summed E-state index contributed by atoms with van der Waals surface area (Å²) in [7, 11) is 1.49. The summed E-state index contributed by atoms with van der Waals surface area (Å²) in [4.78, 5) is 11.8. The molecule has 0 unspecified atom stereocenters. The van der Waals surface area contributed by atoms with Crippen molar-refractivity contribution in [3.8, 4) is 0 Å². The van der Waals surface area contributed by atoms with Crippen LogP contribution < -0.4 is 10.3 Å². The van der Waals surface area contributed by atoms with E-state index < -0.39 is 6.09 Å². The van der Waals surface area contributed by atoms with Crippen LogP contribution >= 0.6 is 11.6 Å². The van der Waals surface area contributed by atoms with Gasteiger partial charge in [0, 0.05) is 10.7 Å². The van der Waals surface area contributed by atoms with Gasteiger partial charge in [0.15, 0.2) is 6.73 Å². The third-order valence-electron chi connectivity index (χ3n) is 3.38. The van der Waals surface area contributed by atoms with Gasteiger partial charge in [-0.1, -0.05) is 28.8 Å². The number of carbonyl (C=O) groups is 1. The lowest BCUT2D eigenvalue weighted by atomic mass is 10.2. The average Bonchev–Trinajstić information content (AvgIpc) is 3.11. The lowest BCUT2D eigenvalue weighted by molar-refractivity contribution is 0.155. The summed E-state index contributed by atoms with van der Waals surface area (Å²) in [5, 5.41) is 9.06. The first-order chi connectivity index (χ1) is 12.1. The molecule has 8 heteroatoms. The van der Waals surface area contributed by atoms with Crippen LogP contribution in [0.2, 0.25) is 5.02 Å². The highest BCUT2D eigenvalue weighted by Gasteiger charge is 2.17. The van der Waals surface area contributed by atoms with Gasteiger partial charge in [0.05, 0.1) is 12.8 Å². The molecule has 0 aromatic heterocycles. The predicted octanol–water partition coefficient (Wildman–Crippen LogP) is 3.80. The second-order valence-electron chi connectivity index (χ2n) is 5.12. The Morgan fingerprint density at radius 1 is 1.24 bits per heavy atom. The number of hydrazone groups is 1. The first-order valence-corrected chi connectivity index (χ1v) is 7.83. The first-order valence-electron chi connectivity index (χ1n) is 7.45. The molecule has 0 saturated carbocycles. The summed E-state index contributed by atoms with van der Waals surface area (Å²) in [5.74, 6) is 0. The van der Waals surface area contributed by atoms with Gasteiger partial charge in [0.2, 0.25) is 0 Å². The summed E-state index contributed by atoms with van der Waals surface area (Å²) in [6, 6.07) is 14.2. The van der Waals surface area contributed by atoms with Gasteiger partial charge in [-0.05, 0) is 42.0 Å². The Kier molecular flexibility index (Phi) is 5.25. The number of hydrogen-bond donors (Lipinski definition) is 1. The number of hydrogen-bond acceptors (Lipinski definition) is 6. The van der Waals surface area contributed by atoms with E-state index >= 15 is 0 Å². The summed E-state index contributed by atoms with van der Waals surface area (Å²) >= 11 is 5.81. The SMILES string of the molecule is COC1=NN(c2ccc(NC(=O)OCc3ccc(Cl)cc3)cc2)CO1.